The Morgan fingerprint density at radius 2 is 1.78 bits per heavy atom. The molecule has 0 saturated heterocycles. The van der Waals surface area contributed by atoms with Crippen LogP contribution in [0, 0.1) is 11.3 Å². The third-order valence-electron chi connectivity index (χ3n) is 2.44. The lowest BCUT2D eigenvalue weighted by atomic mass is 10.1. The Morgan fingerprint density at radius 1 is 1.22 bits per heavy atom. The quantitative estimate of drug-likeness (QED) is 0.908. The lowest BCUT2D eigenvalue weighted by molar-refractivity contribution is 0.353. The summed E-state index contributed by atoms with van der Waals surface area (Å²) in [6.07, 6.45) is 0. The van der Waals surface area contributed by atoms with Gasteiger partial charge in [-0.15, -0.1) is 0 Å². The van der Waals surface area contributed by atoms with Crippen LogP contribution in [0.15, 0.2) is 16.6 Å². The molecule has 1 aromatic rings. The largest absolute Gasteiger partial charge is 0.493 e. The number of rotatable bonds is 5. The van der Waals surface area contributed by atoms with Crippen LogP contribution in [0.25, 0.3) is 0 Å². The number of ether oxygens (including phenoxy) is 2. The summed E-state index contributed by atoms with van der Waals surface area (Å²) >= 11 is 3.46. The molecule has 1 aromatic carbocycles. The molecule has 0 heterocycles. The Kier molecular flexibility index (Phi) is 5.45. The Morgan fingerprint density at radius 3 is 2.22 bits per heavy atom. The van der Waals surface area contributed by atoms with E-state index in [1.54, 1.807) is 20.3 Å². The second kappa shape index (κ2) is 6.62. The predicted molar refractivity (Wildman–Crippen MR) is 73.9 cm³/mol. The van der Waals surface area contributed by atoms with Gasteiger partial charge >= 0.3 is 0 Å². The Labute approximate surface area is 116 Å². The topological polar surface area (TPSA) is 54.3 Å². The summed E-state index contributed by atoms with van der Waals surface area (Å²) in [7, 11) is 3.16. The summed E-state index contributed by atoms with van der Waals surface area (Å²) in [6.45, 7) is 4.00. The fraction of sp³-hybridized carbons (Fsp3) is 0.462. The molecule has 0 radical (unpaired) electrons. The van der Waals surface area contributed by atoms with Gasteiger partial charge in [0.1, 0.15) is 6.04 Å². The van der Waals surface area contributed by atoms with Crippen LogP contribution in [0.2, 0.25) is 0 Å². The van der Waals surface area contributed by atoms with Crippen molar-refractivity contribution in [1.82, 2.24) is 5.32 Å². The molecule has 1 unspecified atom stereocenters. The zero-order valence-corrected chi connectivity index (χ0v) is 12.5. The van der Waals surface area contributed by atoms with Crippen LogP contribution in [-0.4, -0.2) is 20.3 Å². The first-order valence-electron chi connectivity index (χ1n) is 5.60. The number of hydrogen-bond donors (Lipinski definition) is 1. The maximum absolute atomic E-state index is 9.24. The van der Waals surface area contributed by atoms with E-state index >= 15 is 0 Å². The molecule has 0 saturated carbocycles. The molecule has 0 fully saturated rings. The number of nitriles is 1. The molecule has 0 aromatic heterocycles. The summed E-state index contributed by atoms with van der Waals surface area (Å²) in [4.78, 5) is 0. The van der Waals surface area contributed by atoms with E-state index in [1.165, 1.54) is 0 Å². The van der Waals surface area contributed by atoms with Gasteiger partial charge in [-0.05, 0) is 26.0 Å². The van der Waals surface area contributed by atoms with Gasteiger partial charge in [-0.2, -0.15) is 5.26 Å². The smallest absolute Gasteiger partial charge is 0.161 e. The fourth-order valence-electron chi connectivity index (χ4n) is 1.62. The number of nitrogens with zero attached hydrogens (tertiary/aromatic N) is 1. The van der Waals surface area contributed by atoms with Gasteiger partial charge in [0, 0.05) is 16.1 Å². The molecule has 1 rings (SSSR count). The highest BCUT2D eigenvalue weighted by Crippen LogP contribution is 2.35. The minimum Gasteiger partial charge on any atom is -0.493 e. The van der Waals surface area contributed by atoms with Gasteiger partial charge in [-0.25, -0.2) is 0 Å². The molecule has 0 aliphatic carbocycles. The van der Waals surface area contributed by atoms with Gasteiger partial charge in [0.2, 0.25) is 0 Å². The van der Waals surface area contributed by atoms with Gasteiger partial charge in [0.05, 0.1) is 20.3 Å². The molecule has 5 heteroatoms. The summed E-state index contributed by atoms with van der Waals surface area (Å²) in [5, 5.41) is 12.4. The van der Waals surface area contributed by atoms with Crippen molar-refractivity contribution >= 4 is 15.9 Å². The lowest BCUT2D eigenvalue weighted by Crippen LogP contribution is -2.27. The summed E-state index contributed by atoms with van der Waals surface area (Å²) < 4.78 is 11.3. The Balaban J connectivity index is 3.19. The van der Waals surface area contributed by atoms with E-state index in [4.69, 9.17) is 9.47 Å². The van der Waals surface area contributed by atoms with Crippen LogP contribution in [0.1, 0.15) is 25.5 Å². The highest BCUT2D eigenvalue weighted by atomic mass is 79.9. The van der Waals surface area contributed by atoms with E-state index in [9.17, 15) is 5.26 Å². The highest BCUT2D eigenvalue weighted by molar-refractivity contribution is 9.10. The maximum Gasteiger partial charge on any atom is 0.161 e. The minimum absolute atomic E-state index is 0.217. The zero-order chi connectivity index (χ0) is 13.7. The van der Waals surface area contributed by atoms with E-state index in [2.05, 4.69) is 27.3 Å². The van der Waals surface area contributed by atoms with Gasteiger partial charge in [0.15, 0.2) is 11.5 Å². The number of methoxy groups -OCH3 is 2. The monoisotopic (exact) mass is 312 g/mol. The lowest BCUT2D eigenvalue weighted by Gasteiger charge is -2.18. The second-order valence-electron chi connectivity index (χ2n) is 4.11. The second-order valence-corrected chi connectivity index (χ2v) is 4.97. The van der Waals surface area contributed by atoms with Gasteiger partial charge < -0.3 is 9.47 Å². The molecule has 0 amide bonds. The van der Waals surface area contributed by atoms with Crippen molar-refractivity contribution in [2.45, 2.75) is 25.9 Å². The standard InChI is InChI=1S/C13H17BrN2O2/c1-8(2)16-11(7-15)9-5-12(17-3)13(18-4)6-10(9)14/h5-6,8,11,16H,1-4H3. The first kappa shape index (κ1) is 14.8. The summed E-state index contributed by atoms with van der Waals surface area (Å²) in [6, 6.07) is 5.69. The molecule has 0 aliphatic heterocycles. The molecular weight excluding hydrogens is 296 g/mol. The van der Waals surface area contributed by atoms with Crippen LogP contribution >= 0.6 is 15.9 Å². The van der Waals surface area contributed by atoms with E-state index in [-0.39, 0.29) is 12.1 Å². The first-order valence-corrected chi connectivity index (χ1v) is 6.39. The van der Waals surface area contributed by atoms with E-state index in [0.29, 0.717) is 11.5 Å². The number of benzene rings is 1. The molecule has 98 valence electrons. The predicted octanol–water partition coefficient (Wildman–Crippen LogP) is 3.03. The van der Waals surface area contributed by atoms with Crippen molar-refractivity contribution in [1.29, 1.82) is 5.26 Å². The third kappa shape index (κ3) is 3.37. The van der Waals surface area contributed by atoms with E-state index < -0.39 is 0 Å². The molecule has 1 N–H and O–H groups in total. The van der Waals surface area contributed by atoms with Crippen molar-refractivity contribution in [3.8, 4) is 17.6 Å². The molecule has 0 bridgehead atoms. The number of hydrogen-bond acceptors (Lipinski definition) is 4. The fourth-order valence-corrected chi connectivity index (χ4v) is 2.17. The van der Waals surface area contributed by atoms with Crippen molar-refractivity contribution in [2.75, 3.05) is 14.2 Å². The van der Waals surface area contributed by atoms with Crippen molar-refractivity contribution in [2.24, 2.45) is 0 Å². The third-order valence-corrected chi connectivity index (χ3v) is 3.13. The van der Waals surface area contributed by atoms with E-state index in [1.807, 2.05) is 19.9 Å². The zero-order valence-electron chi connectivity index (χ0n) is 11.0. The molecule has 18 heavy (non-hydrogen) atoms. The van der Waals surface area contributed by atoms with Crippen LogP contribution in [0.3, 0.4) is 0 Å². The van der Waals surface area contributed by atoms with Crippen molar-refractivity contribution in [3.05, 3.63) is 22.2 Å². The first-order chi connectivity index (χ1) is 8.53. The number of halogens is 1. The van der Waals surface area contributed by atoms with Crippen molar-refractivity contribution < 1.29 is 9.47 Å². The molecular formula is C13H17BrN2O2. The van der Waals surface area contributed by atoms with Crippen LogP contribution in [-0.2, 0) is 0 Å². The molecule has 0 aliphatic rings. The average Bonchev–Trinajstić information content (AvgIpc) is 2.35. The SMILES string of the molecule is COc1cc(Br)c(C(C#N)NC(C)C)cc1OC. The Hall–Kier alpha value is -1.25. The van der Waals surface area contributed by atoms with Crippen LogP contribution in [0.5, 0.6) is 11.5 Å². The summed E-state index contributed by atoms with van der Waals surface area (Å²) in [5.74, 6) is 1.25. The molecule has 0 spiro atoms. The average molecular weight is 313 g/mol. The van der Waals surface area contributed by atoms with Crippen LogP contribution in [0.4, 0.5) is 0 Å². The van der Waals surface area contributed by atoms with Gasteiger partial charge in [-0.1, -0.05) is 15.9 Å². The van der Waals surface area contributed by atoms with Gasteiger partial charge in [-0.3, -0.25) is 5.32 Å². The van der Waals surface area contributed by atoms with E-state index in [0.717, 1.165) is 10.0 Å². The summed E-state index contributed by atoms with van der Waals surface area (Å²) in [5.41, 5.74) is 0.837. The minimum atomic E-state index is -0.390. The molecule has 1 atom stereocenters. The van der Waals surface area contributed by atoms with Gasteiger partial charge in [0.25, 0.3) is 0 Å². The number of nitrogens with one attached hydrogen (secondary N) is 1. The van der Waals surface area contributed by atoms with Crippen molar-refractivity contribution in [3.63, 3.8) is 0 Å². The molecule has 4 nitrogen and oxygen atoms in total. The van der Waals surface area contributed by atoms with Crippen LogP contribution < -0.4 is 14.8 Å². The Bertz CT molecular complexity index is 455. The normalized spacial score (nSPS) is 12.1. The maximum atomic E-state index is 9.24. The highest BCUT2D eigenvalue weighted by Gasteiger charge is 2.18.